The molecule has 0 bridgehead atoms. The second kappa shape index (κ2) is 9.66. The van der Waals surface area contributed by atoms with Gasteiger partial charge in [0.05, 0.1) is 12.7 Å². The van der Waals surface area contributed by atoms with Gasteiger partial charge in [-0.05, 0) is 64.9 Å². The van der Waals surface area contributed by atoms with E-state index in [9.17, 15) is 9.59 Å². The third-order valence-corrected chi connectivity index (χ3v) is 7.00. The monoisotopic (exact) mass is 508 g/mol. The normalized spacial score (nSPS) is 13.7. The van der Waals surface area contributed by atoms with Gasteiger partial charge in [-0.2, -0.15) is 0 Å². The van der Waals surface area contributed by atoms with Crippen LogP contribution in [0.15, 0.2) is 71.5 Å². The molecule has 3 aromatic heterocycles. The first-order valence-electron chi connectivity index (χ1n) is 12.6. The van der Waals surface area contributed by atoms with Gasteiger partial charge in [0.15, 0.2) is 5.76 Å². The van der Waals surface area contributed by atoms with E-state index in [4.69, 9.17) is 4.42 Å². The Bertz CT molecular complexity index is 1680. The van der Waals surface area contributed by atoms with E-state index in [-0.39, 0.29) is 11.8 Å². The van der Waals surface area contributed by atoms with Crippen molar-refractivity contribution >= 4 is 39.3 Å². The van der Waals surface area contributed by atoms with Crippen molar-refractivity contribution in [2.24, 2.45) is 0 Å². The average molecular weight is 509 g/mol. The lowest BCUT2D eigenvalue weighted by atomic mass is 9.94. The second-order valence-electron chi connectivity index (χ2n) is 9.78. The Hall–Kier alpha value is -4.66. The fraction of sp³-hybridized carbons (Fsp3) is 0.241. The van der Waals surface area contributed by atoms with Gasteiger partial charge in [0.2, 0.25) is 5.91 Å². The summed E-state index contributed by atoms with van der Waals surface area (Å²) in [6.07, 6.45) is 8.64. The molecule has 0 saturated heterocycles. The number of fused-ring (bicyclic) bond motifs is 2. The van der Waals surface area contributed by atoms with Crippen LogP contribution in [-0.4, -0.2) is 68.8 Å². The molecule has 0 aliphatic carbocycles. The van der Waals surface area contributed by atoms with Crippen LogP contribution in [0.1, 0.15) is 29.0 Å². The number of carbonyl (C=O) groups excluding carboxylic acids is 2. The van der Waals surface area contributed by atoms with Gasteiger partial charge in [0, 0.05) is 62.5 Å². The number of aryl methyl sites for hydroxylation is 1. The number of aromatic nitrogens is 4. The Morgan fingerprint density at radius 3 is 2.76 bits per heavy atom. The third-order valence-electron chi connectivity index (χ3n) is 7.00. The number of hydrogen-bond donors (Lipinski definition) is 1. The number of aromatic amines is 1. The molecule has 6 rings (SSSR count). The van der Waals surface area contributed by atoms with Crippen molar-refractivity contribution in [3.63, 3.8) is 0 Å². The Morgan fingerprint density at radius 1 is 1.08 bits per heavy atom. The van der Waals surface area contributed by atoms with Crippen molar-refractivity contribution < 1.29 is 14.0 Å². The first-order chi connectivity index (χ1) is 18.5. The number of carbonyl (C=O) groups is 2. The van der Waals surface area contributed by atoms with E-state index >= 15 is 0 Å². The molecule has 2 amide bonds. The van der Waals surface area contributed by atoms with Crippen LogP contribution in [0.4, 0.5) is 0 Å². The summed E-state index contributed by atoms with van der Waals surface area (Å²) in [5.74, 6) is 0.206. The van der Waals surface area contributed by atoms with Gasteiger partial charge in [-0.3, -0.25) is 14.3 Å². The molecule has 0 unspecified atom stereocenters. The highest BCUT2D eigenvalue weighted by molar-refractivity contribution is 6.02. The van der Waals surface area contributed by atoms with Crippen LogP contribution in [0, 0.1) is 0 Å². The van der Waals surface area contributed by atoms with Crippen LogP contribution in [0.5, 0.6) is 0 Å². The number of nitrogens with zero attached hydrogens (tertiary/aromatic N) is 5. The zero-order valence-electron chi connectivity index (χ0n) is 21.3. The van der Waals surface area contributed by atoms with Crippen molar-refractivity contribution in [1.82, 2.24) is 29.8 Å². The molecule has 0 atom stereocenters. The minimum absolute atomic E-state index is 0.0903. The molecule has 1 aliphatic rings. The van der Waals surface area contributed by atoms with E-state index in [2.05, 4.69) is 45.6 Å². The van der Waals surface area contributed by atoms with Gasteiger partial charge in [-0.25, -0.2) is 0 Å². The summed E-state index contributed by atoms with van der Waals surface area (Å²) in [4.78, 5) is 32.4. The first kappa shape index (κ1) is 23.7. The second-order valence-corrected chi connectivity index (χ2v) is 9.78. The molecule has 192 valence electrons. The maximum atomic E-state index is 13.0. The van der Waals surface area contributed by atoms with Crippen LogP contribution in [0.2, 0.25) is 0 Å². The molecular formula is C29H28N6O3. The SMILES string of the molecule is CN(C)C(=O)c1cc2cc(C3=CCCN(C(=O)CCn4ccnn4)C3)cc(-c3ccc4[nH]ccc4c3)c2o1. The van der Waals surface area contributed by atoms with Gasteiger partial charge < -0.3 is 19.2 Å². The third kappa shape index (κ3) is 4.47. The number of rotatable bonds is 6. The van der Waals surface area contributed by atoms with Gasteiger partial charge in [-0.15, -0.1) is 5.10 Å². The zero-order chi connectivity index (χ0) is 26.2. The maximum absolute atomic E-state index is 13.0. The van der Waals surface area contributed by atoms with Crippen LogP contribution < -0.4 is 0 Å². The summed E-state index contributed by atoms with van der Waals surface area (Å²) < 4.78 is 7.82. The van der Waals surface area contributed by atoms with Crippen molar-refractivity contribution in [2.45, 2.75) is 19.4 Å². The van der Waals surface area contributed by atoms with Crippen molar-refractivity contribution in [2.75, 3.05) is 27.2 Å². The van der Waals surface area contributed by atoms with Gasteiger partial charge in [0.1, 0.15) is 5.58 Å². The number of hydrogen-bond acceptors (Lipinski definition) is 5. The molecule has 0 radical (unpaired) electrons. The van der Waals surface area contributed by atoms with E-state index < -0.39 is 0 Å². The molecule has 0 spiro atoms. The molecule has 38 heavy (non-hydrogen) atoms. The fourth-order valence-electron chi connectivity index (χ4n) is 4.99. The number of nitrogens with one attached hydrogen (secondary N) is 1. The molecule has 1 aliphatic heterocycles. The molecule has 0 saturated carbocycles. The van der Waals surface area contributed by atoms with Crippen LogP contribution >= 0.6 is 0 Å². The molecule has 4 heterocycles. The largest absolute Gasteiger partial charge is 0.450 e. The predicted octanol–water partition coefficient (Wildman–Crippen LogP) is 4.58. The fourth-order valence-corrected chi connectivity index (χ4v) is 4.99. The lowest BCUT2D eigenvalue weighted by Crippen LogP contribution is -2.35. The first-order valence-corrected chi connectivity index (χ1v) is 12.6. The summed E-state index contributed by atoms with van der Waals surface area (Å²) in [5, 5.41) is 9.70. The van der Waals surface area contributed by atoms with E-state index in [1.54, 1.807) is 31.2 Å². The molecule has 1 N–H and O–H groups in total. The summed E-state index contributed by atoms with van der Waals surface area (Å²) in [6.45, 7) is 1.72. The lowest BCUT2D eigenvalue weighted by molar-refractivity contribution is -0.131. The topological polar surface area (TPSA) is 100 Å². The summed E-state index contributed by atoms with van der Waals surface area (Å²) in [6, 6.07) is 14.2. The van der Waals surface area contributed by atoms with Crippen LogP contribution in [0.25, 0.3) is 38.6 Å². The van der Waals surface area contributed by atoms with E-state index in [1.807, 2.05) is 29.3 Å². The minimum Gasteiger partial charge on any atom is -0.450 e. The Morgan fingerprint density at radius 2 is 1.95 bits per heavy atom. The van der Waals surface area contributed by atoms with E-state index in [1.165, 1.54) is 4.90 Å². The van der Waals surface area contributed by atoms with E-state index in [0.717, 1.165) is 45.0 Å². The maximum Gasteiger partial charge on any atom is 0.289 e. The van der Waals surface area contributed by atoms with Crippen molar-refractivity contribution in [1.29, 1.82) is 0 Å². The average Bonchev–Trinajstić information content (AvgIpc) is 3.71. The minimum atomic E-state index is -0.184. The predicted molar refractivity (Wildman–Crippen MR) is 145 cm³/mol. The lowest BCUT2D eigenvalue weighted by Gasteiger charge is -2.28. The highest BCUT2D eigenvalue weighted by atomic mass is 16.3. The van der Waals surface area contributed by atoms with Crippen LogP contribution in [0.3, 0.4) is 0 Å². The Kier molecular flexibility index (Phi) is 6.03. The quantitative estimate of drug-likeness (QED) is 0.362. The van der Waals surface area contributed by atoms with Gasteiger partial charge >= 0.3 is 0 Å². The van der Waals surface area contributed by atoms with Crippen molar-refractivity contribution in [3.05, 3.63) is 78.5 Å². The van der Waals surface area contributed by atoms with Crippen LogP contribution in [-0.2, 0) is 11.3 Å². The number of H-pyrrole nitrogens is 1. The van der Waals surface area contributed by atoms with E-state index in [0.29, 0.717) is 37.4 Å². The molecular weight excluding hydrogens is 480 g/mol. The van der Waals surface area contributed by atoms with Crippen molar-refractivity contribution in [3.8, 4) is 11.1 Å². The van der Waals surface area contributed by atoms with Gasteiger partial charge in [0.25, 0.3) is 5.91 Å². The number of furan rings is 1. The van der Waals surface area contributed by atoms with Gasteiger partial charge in [-0.1, -0.05) is 17.4 Å². The zero-order valence-corrected chi connectivity index (χ0v) is 21.3. The summed E-state index contributed by atoms with van der Waals surface area (Å²) in [5.41, 5.74) is 5.73. The molecule has 0 fully saturated rings. The molecule has 9 nitrogen and oxygen atoms in total. The Balaban J connectivity index is 1.36. The Labute approximate surface area is 219 Å². The summed E-state index contributed by atoms with van der Waals surface area (Å²) >= 11 is 0. The highest BCUT2D eigenvalue weighted by Gasteiger charge is 2.22. The molecule has 5 aromatic rings. The summed E-state index contributed by atoms with van der Waals surface area (Å²) in [7, 11) is 3.42. The smallest absolute Gasteiger partial charge is 0.289 e. The number of amides is 2. The standard InChI is InChI=1S/C29H28N6O3/c1-33(2)29(37)26-17-23-15-22(16-24(28(23)38-26)19-5-6-25-20(14-19)7-9-30-25)21-4-3-11-34(18-21)27(36)8-12-35-13-10-31-32-35/h4-7,9-10,13-17,30H,3,8,11-12,18H2,1-2H3. The molecule has 2 aromatic carbocycles. The number of benzene rings is 2. The molecule has 9 heteroatoms. The highest BCUT2D eigenvalue weighted by Crippen LogP contribution is 2.36.